The molecule has 3 rings (SSSR count). The van der Waals surface area contributed by atoms with Gasteiger partial charge in [0.05, 0.1) is 7.11 Å². The van der Waals surface area contributed by atoms with Gasteiger partial charge in [0.25, 0.3) is 0 Å². The molecule has 2 unspecified atom stereocenters. The number of hydrogen-bond acceptors (Lipinski definition) is 3. The van der Waals surface area contributed by atoms with Crippen LogP contribution in [0.3, 0.4) is 0 Å². The Labute approximate surface area is 122 Å². The zero-order chi connectivity index (χ0) is 13.9. The molecule has 1 N–H and O–H groups in total. The molecule has 1 aliphatic carbocycles. The Kier molecular flexibility index (Phi) is 4.27. The minimum atomic E-state index is 0.612. The van der Waals surface area contributed by atoms with Crippen LogP contribution in [0.25, 0.3) is 0 Å². The first kappa shape index (κ1) is 13.9. The molecule has 110 valence electrons. The molecular weight excluding hydrogens is 248 g/mol. The fraction of sp³-hybridized carbons (Fsp3) is 0.647. The Morgan fingerprint density at radius 1 is 1.25 bits per heavy atom. The fourth-order valence-corrected chi connectivity index (χ4v) is 3.80. The Morgan fingerprint density at radius 3 is 2.95 bits per heavy atom. The largest absolute Gasteiger partial charge is 0.497 e. The van der Waals surface area contributed by atoms with E-state index in [-0.39, 0.29) is 0 Å². The lowest BCUT2D eigenvalue weighted by Crippen LogP contribution is -2.46. The van der Waals surface area contributed by atoms with Crippen LogP contribution in [0.5, 0.6) is 5.75 Å². The molecule has 1 saturated heterocycles. The topological polar surface area (TPSA) is 24.5 Å². The van der Waals surface area contributed by atoms with E-state index in [4.69, 9.17) is 4.74 Å². The van der Waals surface area contributed by atoms with Gasteiger partial charge < -0.3 is 10.1 Å². The van der Waals surface area contributed by atoms with Crippen molar-refractivity contribution >= 4 is 0 Å². The summed E-state index contributed by atoms with van der Waals surface area (Å²) in [6.07, 6.45) is 6.43. The third kappa shape index (κ3) is 2.70. The van der Waals surface area contributed by atoms with E-state index in [1.165, 1.54) is 56.3 Å². The first-order valence-corrected chi connectivity index (χ1v) is 7.90. The van der Waals surface area contributed by atoms with E-state index in [0.29, 0.717) is 12.1 Å². The number of fused-ring (bicyclic) bond motifs is 1. The van der Waals surface area contributed by atoms with E-state index in [1.807, 2.05) is 0 Å². The Bertz CT molecular complexity index is 460. The number of hydrogen-bond donors (Lipinski definition) is 1. The van der Waals surface area contributed by atoms with Crippen LogP contribution < -0.4 is 10.1 Å². The lowest BCUT2D eigenvalue weighted by atomic mass is 9.85. The maximum Gasteiger partial charge on any atom is 0.119 e. The molecule has 2 atom stereocenters. The molecule has 1 fully saturated rings. The van der Waals surface area contributed by atoms with E-state index in [0.717, 1.165) is 5.75 Å². The van der Waals surface area contributed by atoms with Gasteiger partial charge in [0.15, 0.2) is 0 Å². The van der Waals surface area contributed by atoms with Crippen LogP contribution in [0.15, 0.2) is 18.2 Å². The van der Waals surface area contributed by atoms with E-state index >= 15 is 0 Å². The third-order valence-corrected chi connectivity index (χ3v) is 4.93. The van der Waals surface area contributed by atoms with Crippen molar-refractivity contribution in [3.8, 4) is 5.75 Å². The van der Waals surface area contributed by atoms with Gasteiger partial charge in [-0.15, -0.1) is 0 Å². The number of likely N-dealkylation sites (tertiary alicyclic amines) is 1. The van der Waals surface area contributed by atoms with Gasteiger partial charge in [-0.2, -0.15) is 0 Å². The highest BCUT2D eigenvalue weighted by Gasteiger charge is 2.29. The molecular formula is C17H26N2O. The smallest absolute Gasteiger partial charge is 0.119 e. The minimum Gasteiger partial charge on any atom is -0.497 e. The van der Waals surface area contributed by atoms with Crippen molar-refractivity contribution < 1.29 is 4.74 Å². The number of rotatable bonds is 3. The Morgan fingerprint density at radius 2 is 2.15 bits per heavy atom. The molecule has 0 radical (unpaired) electrons. The van der Waals surface area contributed by atoms with Crippen LogP contribution in [0.4, 0.5) is 0 Å². The number of methoxy groups -OCH3 is 1. The monoisotopic (exact) mass is 274 g/mol. The average molecular weight is 274 g/mol. The van der Waals surface area contributed by atoms with Crippen LogP contribution in [0, 0.1) is 0 Å². The van der Waals surface area contributed by atoms with E-state index in [1.54, 1.807) is 7.11 Å². The van der Waals surface area contributed by atoms with E-state index < -0.39 is 0 Å². The van der Waals surface area contributed by atoms with Crippen LogP contribution in [-0.4, -0.2) is 38.2 Å². The maximum atomic E-state index is 5.37. The van der Waals surface area contributed by atoms with Gasteiger partial charge in [0.2, 0.25) is 0 Å². The van der Waals surface area contributed by atoms with Crippen molar-refractivity contribution in [3.05, 3.63) is 29.3 Å². The summed E-state index contributed by atoms with van der Waals surface area (Å²) in [7, 11) is 3.85. The number of ether oxygens (including phenoxy) is 1. The zero-order valence-electron chi connectivity index (χ0n) is 12.7. The summed E-state index contributed by atoms with van der Waals surface area (Å²) in [5, 5.41) is 3.45. The van der Waals surface area contributed by atoms with Gasteiger partial charge in [0.1, 0.15) is 5.75 Å². The number of likely N-dealkylation sites (N-methyl/N-ethyl adjacent to an activating group) is 1. The second kappa shape index (κ2) is 6.15. The number of nitrogens with zero attached hydrogens (tertiary/aromatic N) is 1. The van der Waals surface area contributed by atoms with Crippen molar-refractivity contribution in [2.24, 2.45) is 0 Å². The van der Waals surface area contributed by atoms with Gasteiger partial charge in [-0.05, 0) is 69.0 Å². The van der Waals surface area contributed by atoms with Crippen molar-refractivity contribution in [1.29, 1.82) is 0 Å². The van der Waals surface area contributed by atoms with E-state index in [9.17, 15) is 0 Å². The lowest BCUT2D eigenvalue weighted by Gasteiger charge is -2.41. The second-order valence-electron chi connectivity index (χ2n) is 6.10. The van der Waals surface area contributed by atoms with Crippen LogP contribution in [-0.2, 0) is 6.42 Å². The molecule has 0 aromatic heterocycles. The summed E-state index contributed by atoms with van der Waals surface area (Å²) >= 11 is 0. The van der Waals surface area contributed by atoms with Gasteiger partial charge in [-0.3, -0.25) is 4.90 Å². The summed E-state index contributed by atoms with van der Waals surface area (Å²) in [5.41, 5.74) is 3.03. The predicted octanol–water partition coefficient (Wildman–Crippen LogP) is 2.76. The molecule has 0 saturated carbocycles. The van der Waals surface area contributed by atoms with E-state index in [2.05, 4.69) is 35.5 Å². The van der Waals surface area contributed by atoms with Crippen LogP contribution in [0.2, 0.25) is 0 Å². The Hall–Kier alpha value is -1.06. The molecule has 0 amide bonds. The summed E-state index contributed by atoms with van der Waals surface area (Å²) < 4.78 is 5.37. The molecule has 1 aromatic carbocycles. The van der Waals surface area contributed by atoms with Gasteiger partial charge in [-0.25, -0.2) is 0 Å². The van der Waals surface area contributed by atoms with Gasteiger partial charge in [-0.1, -0.05) is 6.07 Å². The number of benzene rings is 1. The first-order valence-electron chi connectivity index (χ1n) is 7.90. The van der Waals surface area contributed by atoms with Gasteiger partial charge in [0, 0.05) is 18.6 Å². The number of nitrogens with one attached hydrogen (secondary N) is 1. The molecule has 0 spiro atoms. The van der Waals surface area contributed by atoms with Crippen LogP contribution >= 0.6 is 0 Å². The van der Waals surface area contributed by atoms with Crippen LogP contribution in [0.1, 0.15) is 42.9 Å². The standard InChI is InChI=1S/C17H26N2O/c1-18-14-6-4-10-19(12-14)17-7-3-5-13-11-15(20-2)8-9-16(13)17/h8-9,11,14,17-18H,3-7,10,12H2,1-2H3. The second-order valence-corrected chi connectivity index (χ2v) is 6.10. The molecule has 1 heterocycles. The van der Waals surface area contributed by atoms with Crippen molar-refractivity contribution in [1.82, 2.24) is 10.2 Å². The van der Waals surface area contributed by atoms with Crippen molar-refractivity contribution in [2.75, 3.05) is 27.2 Å². The molecule has 2 aliphatic rings. The lowest BCUT2D eigenvalue weighted by molar-refractivity contribution is 0.127. The van der Waals surface area contributed by atoms with Crippen molar-refractivity contribution in [2.45, 2.75) is 44.2 Å². The first-order chi connectivity index (χ1) is 9.81. The molecule has 1 aliphatic heterocycles. The minimum absolute atomic E-state index is 0.612. The predicted molar refractivity (Wildman–Crippen MR) is 82.3 cm³/mol. The average Bonchev–Trinajstić information content (AvgIpc) is 2.53. The summed E-state index contributed by atoms with van der Waals surface area (Å²) in [6.45, 7) is 2.43. The number of aryl methyl sites for hydroxylation is 1. The normalized spacial score (nSPS) is 27.1. The highest BCUT2D eigenvalue weighted by atomic mass is 16.5. The Balaban J connectivity index is 1.82. The zero-order valence-corrected chi connectivity index (χ0v) is 12.7. The fourth-order valence-electron chi connectivity index (χ4n) is 3.80. The third-order valence-electron chi connectivity index (χ3n) is 4.93. The highest BCUT2D eigenvalue weighted by molar-refractivity contribution is 5.39. The molecule has 20 heavy (non-hydrogen) atoms. The summed E-state index contributed by atoms with van der Waals surface area (Å²) in [6, 6.07) is 7.92. The summed E-state index contributed by atoms with van der Waals surface area (Å²) in [4.78, 5) is 2.69. The molecule has 0 bridgehead atoms. The summed E-state index contributed by atoms with van der Waals surface area (Å²) in [5.74, 6) is 0.996. The molecule has 3 heteroatoms. The molecule has 1 aromatic rings. The SMILES string of the molecule is CNC1CCCN(C2CCCc3cc(OC)ccc32)C1. The maximum absolute atomic E-state index is 5.37. The highest BCUT2D eigenvalue weighted by Crippen LogP contribution is 2.37. The van der Waals surface area contributed by atoms with Gasteiger partial charge >= 0.3 is 0 Å². The number of piperidine rings is 1. The molecule has 3 nitrogen and oxygen atoms in total. The quantitative estimate of drug-likeness (QED) is 0.917. The van der Waals surface area contributed by atoms with Crippen molar-refractivity contribution in [3.63, 3.8) is 0 Å².